The third-order valence-corrected chi connectivity index (χ3v) is 5.71. The molecule has 2 rings (SSSR count). The van der Waals surface area contributed by atoms with Gasteiger partial charge in [0.2, 0.25) is 15.9 Å². The standard InChI is InChI=1S/C15H18ClFN2O5S/c1-25(23,24)19-6-4-9(5-7-19)14(20)18-13(15(21)22)10-2-3-11(16)12(17)8-10/h2-3,8-9,13H,4-7H2,1H3,(H,18,20)(H,21,22). The zero-order chi connectivity index (χ0) is 18.8. The summed E-state index contributed by atoms with van der Waals surface area (Å²) in [5.41, 5.74) is 0.0660. The smallest absolute Gasteiger partial charge is 0.330 e. The molecular weight excluding hydrogens is 375 g/mol. The van der Waals surface area contributed by atoms with Crippen molar-refractivity contribution in [1.82, 2.24) is 9.62 Å². The number of sulfonamides is 1. The highest BCUT2D eigenvalue weighted by Gasteiger charge is 2.31. The molecule has 25 heavy (non-hydrogen) atoms. The number of nitrogens with zero attached hydrogens (tertiary/aromatic N) is 1. The van der Waals surface area contributed by atoms with Crippen LogP contribution in [0.15, 0.2) is 18.2 Å². The third-order valence-electron chi connectivity index (χ3n) is 4.10. The number of carboxylic acid groups (broad SMARTS) is 1. The van der Waals surface area contributed by atoms with E-state index in [0.29, 0.717) is 12.8 Å². The average molecular weight is 393 g/mol. The van der Waals surface area contributed by atoms with Crippen molar-refractivity contribution in [3.8, 4) is 0 Å². The van der Waals surface area contributed by atoms with Gasteiger partial charge in [0, 0.05) is 19.0 Å². The van der Waals surface area contributed by atoms with Crippen LogP contribution in [0, 0.1) is 11.7 Å². The van der Waals surface area contributed by atoms with Gasteiger partial charge in [-0.1, -0.05) is 17.7 Å². The summed E-state index contributed by atoms with van der Waals surface area (Å²) in [4.78, 5) is 23.8. The first-order valence-corrected chi connectivity index (χ1v) is 9.75. The second kappa shape index (κ2) is 7.67. The molecular formula is C15H18ClFN2O5S. The monoisotopic (exact) mass is 392 g/mol. The van der Waals surface area contributed by atoms with Crippen LogP contribution in [0.4, 0.5) is 4.39 Å². The zero-order valence-electron chi connectivity index (χ0n) is 13.4. The second-order valence-corrected chi connectivity index (χ2v) is 8.28. The fourth-order valence-corrected chi connectivity index (χ4v) is 3.68. The fourth-order valence-electron chi connectivity index (χ4n) is 2.69. The highest BCUT2D eigenvalue weighted by Crippen LogP contribution is 2.23. The van der Waals surface area contributed by atoms with Gasteiger partial charge in [-0.2, -0.15) is 0 Å². The van der Waals surface area contributed by atoms with Gasteiger partial charge in [-0.25, -0.2) is 21.9 Å². The van der Waals surface area contributed by atoms with Crippen LogP contribution in [-0.4, -0.2) is 49.1 Å². The van der Waals surface area contributed by atoms with Crippen LogP contribution in [0.3, 0.4) is 0 Å². The Hall–Kier alpha value is -1.71. The number of carbonyl (C=O) groups excluding carboxylic acids is 1. The lowest BCUT2D eigenvalue weighted by molar-refractivity contribution is -0.142. The van der Waals surface area contributed by atoms with Gasteiger partial charge in [0.25, 0.3) is 0 Å². The molecule has 1 unspecified atom stereocenters. The fraction of sp³-hybridized carbons (Fsp3) is 0.467. The van der Waals surface area contributed by atoms with Gasteiger partial charge < -0.3 is 10.4 Å². The first kappa shape index (κ1) is 19.6. The Morgan fingerprint density at radius 3 is 2.44 bits per heavy atom. The molecule has 1 aromatic rings. The van der Waals surface area contributed by atoms with Gasteiger partial charge in [0.15, 0.2) is 6.04 Å². The lowest BCUT2D eigenvalue weighted by Crippen LogP contribution is -2.44. The van der Waals surface area contributed by atoms with Gasteiger partial charge in [-0.15, -0.1) is 0 Å². The SMILES string of the molecule is CS(=O)(=O)N1CCC(C(=O)NC(C(=O)O)c2ccc(Cl)c(F)c2)CC1. The van der Waals surface area contributed by atoms with Crippen LogP contribution in [0.1, 0.15) is 24.4 Å². The minimum absolute atomic E-state index is 0.0660. The number of aliphatic carboxylic acids is 1. The van der Waals surface area contributed by atoms with Crippen molar-refractivity contribution >= 4 is 33.5 Å². The van der Waals surface area contributed by atoms with E-state index in [4.69, 9.17) is 11.6 Å². The lowest BCUT2D eigenvalue weighted by atomic mass is 9.96. The first-order chi connectivity index (χ1) is 11.6. The summed E-state index contributed by atoms with van der Waals surface area (Å²) < 4.78 is 37.8. The maximum atomic E-state index is 13.5. The molecule has 7 nitrogen and oxygen atoms in total. The first-order valence-electron chi connectivity index (χ1n) is 7.53. The Morgan fingerprint density at radius 1 is 1.36 bits per heavy atom. The van der Waals surface area contributed by atoms with Crippen LogP contribution in [0.25, 0.3) is 0 Å². The lowest BCUT2D eigenvalue weighted by Gasteiger charge is -2.30. The molecule has 10 heteroatoms. The molecule has 1 saturated heterocycles. The van der Waals surface area contributed by atoms with Crippen molar-refractivity contribution in [2.75, 3.05) is 19.3 Å². The highest BCUT2D eigenvalue weighted by molar-refractivity contribution is 7.88. The molecule has 0 spiro atoms. The number of amides is 1. The molecule has 138 valence electrons. The van der Waals surface area contributed by atoms with E-state index in [2.05, 4.69) is 5.32 Å². The Balaban J connectivity index is 2.06. The molecule has 1 aliphatic heterocycles. The summed E-state index contributed by atoms with van der Waals surface area (Å²) in [6.45, 7) is 0.397. The third kappa shape index (κ3) is 4.90. The van der Waals surface area contributed by atoms with Crippen molar-refractivity contribution in [2.45, 2.75) is 18.9 Å². The van der Waals surface area contributed by atoms with Gasteiger partial charge in [0.05, 0.1) is 11.3 Å². The molecule has 0 aromatic heterocycles. The number of hydrogen-bond acceptors (Lipinski definition) is 4. The van der Waals surface area contributed by atoms with Crippen molar-refractivity contribution in [1.29, 1.82) is 0 Å². The average Bonchev–Trinajstić information content (AvgIpc) is 2.54. The molecule has 1 atom stereocenters. The summed E-state index contributed by atoms with van der Waals surface area (Å²) >= 11 is 5.58. The van der Waals surface area contributed by atoms with Crippen molar-refractivity contribution in [3.05, 3.63) is 34.6 Å². The normalized spacial score (nSPS) is 17.9. The van der Waals surface area contributed by atoms with Crippen molar-refractivity contribution in [2.24, 2.45) is 5.92 Å². The Kier molecular flexibility index (Phi) is 6.02. The van der Waals surface area contributed by atoms with E-state index in [1.807, 2.05) is 0 Å². The predicted molar refractivity (Wildman–Crippen MR) is 89.1 cm³/mol. The summed E-state index contributed by atoms with van der Waals surface area (Å²) in [7, 11) is -3.31. The molecule has 1 fully saturated rings. The van der Waals surface area contributed by atoms with Crippen molar-refractivity contribution < 1.29 is 27.5 Å². The molecule has 0 aliphatic carbocycles. The van der Waals surface area contributed by atoms with Gasteiger partial charge in [0.1, 0.15) is 5.82 Å². The van der Waals surface area contributed by atoms with E-state index in [-0.39, 0.29) is 23.7 Å². The topological polar surface area (TPSA) is 104 Å². The number of halogens is 2. The molecule has 0 radical (unpaired) electrons. The number of piperidine rings is 1. The van der Waals surface area contributed by atoms with E-state index in [9.17, 15) is 27.5 Å². The predicted octanol–water partition coefficient (Wildman–Crippen LogP) is 1.39. The maximum absolute atomic E-state index is 13.5. The number of hydrogen-bond donors (Lipinski definition) is 2. The van der Waals surface area contributed by atoms with E-state index in [1.165, 1.54) is 16.4 Å². The van der Waals surface area contributed by atoms with E-state index in [0.717, 1.165) is 12.3 Å². The second-order valence-electron chi connectivity index (χ2n) is 5.89. The molecule has 0 saturated carbocycles. The van der Waals surface area contributed by atoms with E-state index in [1.54, 1.807) is 0 Å². The molecule has 1 amide bonds. The summed E-state index contributed by atoms with van der Waals surface area (Å²) in [5.74, 6) is -3.11. The quantitative estimate of drug-likeness (QED) is 0.788. The van der Waals surface area contributed by atoms with Gasteiger partial charge >= 0.3 is 5.97 Å². The van der Waals surface area contributed by atoms with Crippen LogP contribution in [0.2, 0.25) is 5.02 Å². The molecule has 1 aromatic carbocycles. The molecule has 0 bridgehead atoms. The van der Waals surface area contributed by atoms with Crippen LogP contribution >= 0.6 is 11.6 Å². The minimum atomic E-state index is -3.31. The van der Waals surface area contributed by atoms with E-state index < -0.39 is 39.7 Å². The molecule has 2 N–H and O–H groups in total. The summed E-state index contributed by atoms with van der Waals surface area (Å²) in [6.07, 6.45) is 1.68. The van der Waals surface area contributed by atoms with Gasteiger partial charge in [-0.05, 0) is 30.5 Å². The van der Waals surface area contributed by atoms with Crippen LogP contribution < -0.4 is 5.32 Å². The Labute approximate surface area is 149 Å². The largest absolute Gasteiger partial charge is 0.479 e. The molecule has 1 heterocycles. The maximum Gasteiger partial charge on any atom is 0.330 e. The van der Waals surface area contributed by atoms with Gasteiger partial charge in [-0.3, -0.25) is 4.79 Å². The Bertz CT molecular complexity index is 778. The number of carbonyl (C=O) groups is 2. The van der Waals surface area contributed by atoms with E-state index >= 15 is 0 Å². The zero-order valence-corrected chi connectivity index (χ0v) is 15.0. The minimum Gasteiger partial charge on any atom is -0.479 e. The van der Waals surface area contributed by atoms with Crippen LogP contribution in [0.5, 0.6) is 0 Å². The summed E-state index contributed by atoms with van der Waals surface area (Å²) in [5, 5.41) is 11.6. The summed E-state index contributed by atoms with van der Waals surface area (Å²) in [6, 6.07) is 2.11. The van der Waals surface area contributed by atoms with Crippen molar-refractivity contribution in [3.63, 3.8) is 0 Å². The number of rotatable bonds is 5. The molecule has 1 aliphatic rings. The Morgan fingerprint density at radius 2 is 1.96 bits per heavy atom. The van der Waals surface area contributed by atoms with Crippen LogP contribution in [-0.2, 0) is 19.6 Å². The number of benzene rings is 1. The number of carboxylic acids is 1. The highest BCUT2D eigenvalue weighted by atomic mass is 35.5. The number of nitrogens with one attached hydrogen (secondary N) is 1.